The highest BCUT2D eigenvalue weighted by Gasteiger charge is 2.67. The molecule has 1 amide bonds. The van der Waals surface area contributed by atoms with Gasteiger partial charge in [-0.05, 0) is 6.07 Å². The number of fused-ring (bicyclic) bond motifs is 3. The molecular weight excluding hydrogens is 414 g/mol. The molecule has 31 heavy (non-hydrogen) atoms. The lowest BCUT2D eigenvalue weighted by atomic mass is 9.54. The van der Waals surface area contributed by atoms with Crippen molar-refractivity contribution in [3.8, 4) is 5.75 Å². The van der Waals surface area contributed by atoms with Crippen LogP contribution in [0.2, 0.25) is 0 Å². The van der Waals surface area contributed by atoms with Gasteiger partial charge in [0.05, 0.1) is 29.8 Å². The Kier molecular flexibility index (Phi) is 4.32. The zero-order valence-electron chi connectivity index (χ0n) is 15.8. The molecule has 11 nitrogen and oxygen atoms in total. The molecule has 1 unspecified atom stereocenters. The molecule has 164 valence electrons. The number of hydrogen-bond acceptors (Lipinski definition) is 10. The maximum absolute atomic E-state index is 13.4. The Morgan fingerprint density at radius 1 is 1.16 bits per heavy atom. The average molecular weight is 433 g/mol. The summed E-state index contributed by atoms with van der Waals surface area (Å²) >= 11 is 0. The molecule has 0 saturated heterocycles. The van der Waals surface area contributed by atoms with Crippen LogP contribution in [0, 0.1) is 11.8 Å². The Labute approximate surface area is 174 Å². The van der Waals surface area contributed by atoms with Crippen molar-refractivity contribution in [2.75, 3.05) is 6.61 Å². The van der Waals surface area contributed by atoms with Crippen LogP contribution >= 0.6 is 0 Å². The molecule has 9 N–H and O–H groups in total. The summed E-state index contributed by atoms with van der Waals surface area (Å²) in [6.45, 7) is -1.07. The Morgan fingerprint density at radius 2 is 1.81 bits per heavy atom. The number of amides is 1. The van der Waals surface area contributed by atoms with Crippen LogP contribution in [0.15, 0.2) is 35.1 Å². The summed E-state index contributed by atoms with van der Waals surface area (Å²) in [5.74, 6) is -10.2. The van der Waals surface area contributed by atoms with Gasteiger partial charge in [-0.15, -0.1) is 0 Å². The molecule has 1 fully saturated rings. The molecule has 11 heteroatoms. The third-order valence-electron chi connectivity index (χ3n) is 6.48. The second kappa shape index (κ2) is 6.37. The first-order chi connectivity index (χ1) is 14.4. The van der Waals surface area contributed by atoms with Crippen LogP contribution in [0.4, 0.5) is 0 Å². The number of benzene rings is 1. The quantitative estimate of drug-likeness (QED) is 0.240. The molecule has 0 aromatic heterocycles. The maximum Gasteiger partial charge on any atom is 0.255 e. The van der Waals surface area contributed by atoms with Gasteiger partial charge in [0, 0.05) is 17.9 Å². The van der Waals surface area contributed by atoms with Crippen molar-refractivity contribution in [3.05, 3.63) is 46.2 Å². The Balaban J connectivity index is 2.07. The highest BCUT2D eigenvalue weighted by molar-refractivity contribution is 6.23. The summed E-state index contributed by atoms with van der Waals surface area (Å²) in [5, 5.41) is 74.9. The van der Waals surface area contributed by atoms with E-state index in [1.54, 1.807) is 0 Å². The lowest BCUT2D eigenvalue weighted by molar-refractivity contribution is -0.179. The van der Waals surface area contributed by atoms with E-state index in [-0.39, 0.29) is 5.56 Å². The molecule has 0 spiro atoms. The molecule has 0 aliphatic heterocycles. The molecule has 0 radical (unpaired) electrons. The SMILES string of the molecule is NC(=O)C1=C(O)[C@@]2(O)C(=O)C3=C(O)c4c(O)cccc4C(O)(CO)[C@H]3[C@H](O)[C@H]2CC1=O. The Bertz CT molecular complexity index is 1120. The Hall–Kier alpha value is -3.25. The van der Waals surface area contributed by atoms with Crippen molar-refractivity contribution in [1.82, 2.24) is 0 Å². The molecule has 3 aliphatic rings. The zero-order chi connectivity index (χ0) is 23.0. The van der Waals surface area contributed by atoms with E-state index < -0.39 is 93.6 Å². The topological polar surface area (TPSA) is 219 Å². The molecule has 3 aliphatic carbocycles. The fourth-order valence-corrected chi connectivity index (χ4v) is 5.01. The number of primary amides is 1. The third kappa shape index (κ3) is 2.34. The van der Waals surface area contributed by atoms with E-state index >= 15 is 0 Å². The number of nitrogens with two attached hydrogens (primary N) is 1. The minimum Gasteiger partial charge on any atom is -0.508 e. The molecule has 1 aromatic rings. The van der Waals surface area contributed by atoms with Crippen molar-refractivity contribution in [3.63, 3.8) is 0 Å². The zero-order valence-corrected chi connectivity index (χ0v) is 15.8. The monoisotopic (exact) mass is 433 g/mol. The minimum absolute atomic E-state index is 0.196. The predicted octanol–water partition coefficient (Wildman–Crippen LogP) is -1.97. The van der Waals surface area contributed by atoms with E-state index in [9.17, 15) is 50.1 Å². The number of phenolic OH excluding ortho intramolecular Hbond substituents is 1. The number of aliphatic hydroxyl groups is 6. The molecular formula is C20H19NO10. The van der Waals surface area contributed by atoms with E-state index in [1.807, 2.05) is 0 Å². The van der Waals surface area contributed by atoms with Gasteiger partial charge in [0.25, 0.3) is 5.91 Å². The van der Waals surface area contributed by atoms with E-state index in [4.69, 9.17) is 5.73 Å². The second-order valence-corrected chi connectivity index (χ2v) is 7.93. The van der Waals surface area contributed by atoms with Gasteiger partial charge in [-0.2, -0.15) is 0 Å². The number of ketones is 2. The number of rotatable bonds is 2. The van der Waals surface area contributed by atoms with Crippen LogP contribution < -0.4 is 5.73 Å². The number of Topliss-reactive ketones (excluding diaryl/α,β-unsaturated/α-hetero) is 2. The van der Waals surface area contributed by atoms with Crippen LogP contribution in [0.3, 0.4) is 0 Å². The first-order valence-electron chi connectivity index (χ1n) is 9.24. The van der Waals surface area contributed by atoms with Crippen LogP contribution in [-0.4, -0.2) is 71.5 Å². The normalized spacial score (nSPS) is 34.9. The lowest BCUT2D eigenvalue weighted by Gasteiger charge is -2.53. The van der Waals surface area contributed by atoms with Crippen LogP contribution in [0.5, 0.6) is 5.75 Å². The lowest BCUT2D eigenvalue weighted by Crippen LogP contribution is -2.67. The number of aliphatic hydroxyl groups excluding tert-OH is 4. The van der Waals surface area contributed by atoms with Crippen molar-refractivity contribution in [1.29, 1.82) is 0 Å². The van der Waals surface area contributed by atoms with Crippen LogP contribution in [-0.2, 0) is 20.0 Å². The molecule has 5 atom stereocenters. The van der Waals surface area contributed by atoms with E-state index in [1.165, 1.54) is 12.1 Å². The summed E-state index contributed by atoms with van der Waals surface area (Å²) in [5.41, 5.74) is -2.76. The van der Waals surface area contributed by atoms with Crippen molar-refractivity contribution < 1.29 is 50.1 Å². The first kappa shape index (κ1) is 21.0. The average Bonchev–Trinajstić information content (AvgIpc) is 2.70. The molecule has 1 saturated carbocycles. The summed E-state index contributed by atoms with van der Waals surface area (Å²) in [6.07, 6.45) is -2.74. The van der Waals surface area contributed by atoms with Crippen molar-refractivity contribution >= 4 is 23.2 Å². The summed E-state index contributed by atoms with van der Waals surface area (Å²) in [4.78, 5) is 37.3. The van der Waals surface area contributed by atoms with Crippen molar-refractivity contribution in [2.24, 2.45) is 17.6 Å². The largest absolute Gasteiger partial charge is 0.508 e. The molecule has 4 rings (SSSR count). The summed E-state index contributed by atoms with van der Waals surface area (Å²) in [7, 11) is 0. The maximum atomic E-state index is 13.4. The predicted molar refractivity (Wildman–Crippen MR) is 100 cm³/mol. The molecule has 1 aromatic carbocycles. The van der Waals surface area contributed by atoms with Gasteiger partial charge in [-0.25, -0.2) is 0 Å². The molecule has 0 heterocycles. The van der Waals surface area contributed by atoms with Gasteiger partial charge in [0.15, 0.2) is 11.4 Å². The van der Waals surface area contributed by atoms with Gasteiger partial charge in [-0.3, -0.25) is 14.4 Å². The third-order valence-corrected chi connectivity index (χ3v) is 6.48. The van der Waals surface area contributed by atoms with Gasteiger partial charge >= 0.3 is 0 Å². The standard InChI is InChI=1S/C20H19NO10/c21-18(29)11-9(24)4-7-14(25)13-12(17(28)20(7,31)16(11)27)15(26)10-6(19(13,30)5-22)2-1-3-8(10)23/h1-3,7,13-14,22-23,25-27,30-31H,4-5H2,(H2,21,29)/t7-,13-,14-,19?,20-/m1/s1. The highest BCUT2D eigenvalue weighted by Crippen LogP contribution is 2.56. The molecule has 0 bridgehead atoms. The fraction of sp³-hybridized carbons (Fsp3) is 0.350. The number of aromatic hydroxyl groups is 1. The van der Waals surface area contributed by atoms with Crippen LogP contribution in [0.25, 0.3) is 5.76 Å². The summed E-state index contributed by atoms with van der Waals surface area (Å²) in [6, 6.07) is 3.69. The first-order valence-corrected chi connectivity index (χ1v) is 9.24. The van der Waals surface area contributed by atoms with Crippen LogP contribution in [0.1, 0.15) is 17.5 Å². The van der Waals surface area contributed by atoms with Gasteiger partial charge in [0.1, 0.15) is 28.4 Å². The number of phenols is 1. The summed E-state index contributed by atoms with van der Waals surface area (Å²) < 4.78 is 0. The van der Waals surface area contributed by atoms with Crippen molar-refractivity contribution in [2.45, 2.75) is 23.7 Å². The number of hydrogen-bond donors (Lipinski definition) is 8. The van der Waals surface area contributed by atoms with Gasteiger partial charge in [0.2, 0.25) is 5.78 Å². The smallest absolute Gasteiger partial charge is 0.255 e. The number of carbonyl (C=O) groups excluding carboxylic acids is 3. The highest BCUT2D eigenvalue weighted by atomic mass is 16.4. The minimum atomic E-state index is -3.02. The van der Waals surface area contributed by atoms with Gasteiger partial charge < -0.3 is 41.5 Å². The van der Waals surface area contributed by atoms with E-state index in [0.29, 0.717) is 0 Å². The van der Waals surface area contributed by atoms with Gasteiger partial charge in [-0.1, -0.05) is 12.1 Å². The second-order valence-electron chi connectivity index (χ2n) is 7.93. The Morgan fingerprint density at radius 3 is 2.39 bits per heavy atom. The fourth-order valence-electron chi connectivity index (χ4n) is 5.01. The van der Waals surface area contributed by atoms with E-state index in [2.05, 4.69) is 0 Å². The van der Waals surface area contributed by atoms with E-state index in [0.717, 1.165) is 6.07 Å². The number of carbonyl (C=O) groups is 3.